The van der Waals surface area contributed by atoms with Crippen molar-refractivity contribution in [1.82, 2.24) is 4.98 Å². The van der Waals surface area contributed by atoms with Crippen molar-refractivity contribution >= 4 is 22.5 Å². The van der Waals surface area contributed by atoms with Crippen LogP contribution in [0.2, 0.25) is 5.02 Å². The van der Waals surface area contributed by atoms with E-state index in [-0.39, 0.29) is 0 Å². The van der Waals surface area contributed by atoms with Crippen LogP contribution in [0.3, 0.4) is 0 Å². The maximum absolute atomic E-state index is 10.2. The summed E-state index contributed by atoms with van der Waals surface area (Å²) >= 11 is 5.96. The lowest BCUT2D eigenvalue weighted by atomic mass is 10.0. The number of halogens is 1. The lowest BCUT2D eigenvalue weighted by Gasteiger charge is -2.11. The van der Waals surface area contributed by atoms with Crippen molar-refractivity contribution in [2.75, 3.05) is 0 Å². The Kier molecular flexibility index (Phi) is 4.18. The monoisotopic (exact) mass is 297 g/mol. The number of aromatic nitrogens is 1. The maximum Gasteiger partial charge on any atom is 0.0705 e. The fourth-order valence-corrected chi connectivity index (χ4v) is 2.68. The van der Waals surface area contributed by atoms with Gasteiger partial charge in [0.05, 0.1) is 11.6 Å². The molecule has 0 aliphatic heterocycles. The minimum atomic E-state index is -0.461. The summed E-state index contributed by atoms with van der Waals surface area (Å²) in [6.07, 6.45) is 0.656. The smallest absolute Gasteiger partial charge is 0.0705 e. The number of hydrogen-bond acceptors (Lipinski definition) is 2. The van der Waals surface area contributed by atoms with E-state index in [1.54, 1.807) is 0 Å². The average Bonchev–Trinajstić information content (AvgIpc) is 2.47. The lowest BCUT2D eigenvalue weighted by Crippen LogP contribution is -2.14. The van der Waals surface area contributed by atoms with Gasteiger partial charge in [-0.25, -0.2) is 0 Å². The first-order chi connectivity index (χ1) is 10.2. The minimum Gasteiger partial charge on any atom is -0.392 e. The van der Waals surface area contributed by atoms with E-state index >= 15 is 0 Å². The summed E-state index contributed by atoms with van der Waals surface area (Å²) in [6.45, 7) is 0. The van der Waals surface area contributed by atoms with Crippen LogP contribution in [0.5, 0.6) is 0 Å². The van der Waals surface area contributed by atoms with Crippen LogP contribution in [0.4, 0.5) is 0 Å². The molecular weight excluding hydrogens is 282 g/mol. The zero-order chi connectivity index (χ0) is 14.7. The summed E-state index contributed by atoms with van der Waals surface area (Å²) in [5.74, 6) is 0. The van der Waals surface area contributed by atoms with Crippen molar-refractivity contribution in [1.29, 1.82) is 0 Å². The van der Waals surface area contributed by atoms with Crippen molar-refractivity contribution in [2.24, 2.45) is 0 Å². The molecule has 0 amide bonds. The van der Waals surface area contributed by atoms with Crippen molar-refractivity contribution in [2.45, 2.75) is 18.9 Å². The van der Waals surface area contributed by atoms with Crippen LogP contribution in [0.25, 0.3) is 10.9 Å². The Balaban J connectivity index is 1.72. The number of para-hydroxylation sites is 1. The number of hydrogen-bond donors (Lipinski definition) is 1. The van der Waals surface area contributed by atoms with Crippen LogP contribution in [0.1, 0.15) is 11.3 Å². The Morgan fingerprint density at radius 2 is 1.81 bits per heavy atom. The topological polar surface area (TPSA) is 33.1 Å². The number of benzene rings is 2. The van der Waals surface area contributed by atoms with E-state index in [2.05, 4.69) is 4.98 Å². The highest BCUT2D eigenvalue weighted by Crippen LogP contribution is 2.16. The van der Waals surface area contributed by atoms with Crippen molar-refractivity contribution in [3.63, 3.8) is 0 Å². The second-order valence-corrected chi connectivity index (χ2v) is 5.62. The lowest BCUT2D eigenvalue weighted by molar-refractivity contribution is 0.174. The summed E-state index contributed by atoms with van der Waals surface area (Å²) in [5.41, 5.74) is 2.91. The molecule has 2 nitrogen and oxygen atoms in total. The molecule has 1 N–H and O–H groups in total. The molecule has 0 aliphatic rings. The van der Waals surface area contributed by atoms with Crippen molar-refractivity contribution < 1.29 is 5.11 Å². The van der Waals surface area contributed by atoms with Crippen LogP contribution in [-0.2, 0) is 12.8 Å². The highest BCUT2D eigenvalue weighted by atomic mass is 35.5. The van der Waals surface area contributed by atoms with E-state index in [0.717, 1.165) is 22.2 Å². The third kappa shape index (κ3) is 3.60. The molecule has 1 unspecified atom stereocenters. The van der Waals surface area contributed by atoms with Crippen LogP contribution < -0.4 is 0 Å². The molecule has 2 aromatic carbocycles. The number of fused-ring (bicyclic) bond motifs is 1. The van der Waals surface area contributed by atoms with Gasteiger partial charge in [0.25, 0.3) is 0 Å². The molecular formula is C18H16ClNO. The predicted octanol–water partition coefficient (Wildman–Crippen LogP) is 4.03. The molecule has 0 radical (unpaired) electrons. The van der Waals surface area contributed by atoms with Gasteiger partial charge in [-0.15, -0.1) is 0 Å². The summed E-state index contributed by atoms with van der Waals surface area (Å²) in [7, 11) is 0. The molecule has 1 aromatic heterocycles. The summed E-state index contributed by atoms with van der Waals surface area (Å²) in [6, 6.07) is 19.6. The zero-order valence-electron chi connectivity index (χ0n) is 11.5. The van der Waals surface area contributed by atoms with E-state index in [1.807, 2.05) is 60.7 Å². The second kappa shape index (κ2) is 6.25. The Labute approximate surface area is 129 Å². The van der Waals surface area contributed by atoms with Crippen LogP contribution in [-0.4, -0.2) is 16.2 Å². The van der Waals surface area contributed by atoms with Crippen LogP contribution >= 0.6 is 11.6 Å². The molecule has 0 fully saturated rings. The summed E-state index contributed by atoms with van der Waals surface area (Å²) in [4.78, 5) is 4.59. The third-order valence-electron chi connectivity index (χ3n) is 3.46. The highest BCUT2D eigenvalue weighted by Gasteiger charge is 2.09. The Morgan fingerprint density at radius 1 is 0.952 bits per heavy atom. The van der Waals surface area contributed by atoms with Gasteiger partial charge < -0.3 is 5.11 Å². The second-order valence-electron chi connectivity index (χ2n) is 5.19. The number of aliphatic hydroxyl groups excluding tert-OH is 1. The molecule has 3 rings (SSSR count). The van der Waals surface area contributed by atoms with E-state index in [0.29, 0.717) is 17.9 Å². The minimum absolute atomic E-state index is 0.461. The molecule has 0 aliphatic carbocycles. The normalized spacial score (nSPS) is 12.5. The average molecular weight is 298 g/mol. The van der Waals surface area contributed by atoms with Gasteiger partial charge in [0, 0.05) is 22.5 Å². The molecule has 0 saturated heterocycles. The molecule has 1 heterocycles. The number of aliphatic hydroxyl groups is 1. The molecule has 0 bridgehead atoms. The van der Waals surface area contributed by atoms with Gasteiger partial charge in [-0.05, 0) is 36.2 Å². The largest absolute Gasteiger partial charge is 0.392 e. The first-order valence-corrected chi connectivity index (χ1v) is 7.36. The number of rotatable bonds is 4. The van der Waals surface area contributed by atoms with Crippen molar-refractivity contribution in [3.05, 3.63) is 76.9 Å². The van der Waals surface area contributed by atoms with Gasteiger partial charge in [-0.1, -0.05) is 48.0 Å². The Hall–Kier alpha value is -1.90. The van der Waals surface area contributed by atoms with Gasteiger partial charge in [0.15, 0.2) is 0 Å². The Bertz CT molecular complexity index is 757. The first-order valence-electron chi connectivity index (χ1n) is 6.98. The van der Waals surface area contributed by atoms with Crippen molar-refractivity contribution in [3.8, 4) is 0 Å². The standard InChI is InChI=1S/C18H16ClNO/c19-15-6-3-4-13(10-15)11-17(21)12-16-9-8-14-5-1-2-7-18(14)20-16/h1-10,17,21H,11-12H2. The van der Waals surface area contributed by atoms with E-state index in [4.69, 9.17) is 11.6 Å². The molecule has 3 heteroatoms. The highest BCUT2D eigenvalue weighted by molar-refractivity contribution is 6.30. The van der Waals surface area contributed by atoms with E-state index in [9.17, 15) is 5.11 Å². The van der Waals surface area contributed by atoms with Crippen LogP contribution in [0, 0.1) is 0 Å². The van der Waals surface area contributed by atoms with E-state index < -0.39 is 6.10 Å². The third-order valence-corrected chi connectivity index (χ3v) is 3.70. The maximum atomic E-state index is 10.2. The van der Waals surface area contributed by atoms with Gasteiger partial charge in [-0.2, -0.15) is 0 Å². The first kappa shape index (κ1) is 14.1. The fraction of sp³-hybridized carbons (Fsp3) is 0.167. The SMILES string of the molecule is OC(Cc1cccc(Cl)c1)Cc1ccc2ccccc2n1. The molecule has 0 saturated carbocycles. The molecule has 106 valence electrons. The van der Waals surface area contributed by atoms with Crippen LogP contribution in [0.15, 0.2) is 60.7 Å². The fourth-order valence-electron chi connectivity index (χ4n) is 2.47. The van der Waals surface area contributed by atoms with Gasteiger partial charge in [0.2, 0.25) is 0 Å². The summed E-state index contributed by atoms with van der Waals surface area (Å²) < 4.78 is 0. The van der Waals surface area contributed by atoms with Gasteiger partial charge in [0.1, 0.15) is 0 Å². The number of pyridine rings is 1. The summed E-state index contributed by atoms with van der Waals surface area (Å²) in [5, 5.41) is 12.0. The van der Waals surface area contributed by atoms with Gasteiger partial charge >= 0.3 is 0 Å². The molecule has 3 aromatic rings. The van der Waals surface area contributed by atoms with Gasteiger partial charge in [-0.3, -0.25) is 4.98 Å². The molecule has 1 atom stereocenters. The Morgan fingerprint density at radius 3 is 2.67 bits per heavy atom. The predicted molar refractivity (Wildman–Crippen MR) is 86.6 cm³/mol. The molecule has 0 spiro atoms. The zero-order valence-corrected chi connectivity index (χ0v) is 12.3. The molecule has 21 heavy (non-hydrogen) atoms. The number of nitrogens with zero attached hydrogens (tertiary/aromatic N) is 1. The van der Waals surface area contributed by atoms with E-state index in [1.165, 1.54) is 0 Å². The quantitative estimate of drug-likeness (QED) is 0.788.